The Hall–Kier alpha value is -3.20. The average Bonchev–Trinajstić information content (AvgIpc) is 3.62. The molecular weight excluding hydrogens is 663 g/mol. The molecule has 0 spiro atoms. The second-order valence-electron chi connectivity index (χ2n) is 9.30. The number of fused-ring (bicyclic) bond motifs is 2. The van der Waals surface area contributed by atoms with Crippen molar-refractivity contribution in [2.45, 2.75) is 28.9 Å². The number of nitrogens with zero attached hydrogens (tertiary/aromatic N) is 2. The van der Waals surface area contributed by atoms with Gasteiger partial charge in [-0.05, 0) is 53.9 Å². The van der Waals surface area contributed by atoms with E-state index < -0.39 is 52.1 Å². The lowest BCUT2D eigenvalue weighted by Gasteiger charge is -2.29. The summed E-state index contributed by atoms with van der Waals surface area (Å²) >= 11 is 6.74. The van der Waals surface area contributed by atoms with Crippen LogP contribution < -0.4 is 15.1 Å². The Kier molecular flexibility index (Phi) is 7.20. The molecule has 14 heteroatoms. The molecule has 2 aliphatic heterocycles. The van der Waals surface area contributed by atoms with Crippen molar-refractivity contribution in [1.82, 2.24) is 4.57 Å². The zero-order valence-electron chi connectivity index (χ0n) is 20.6. The Labute approximate surface area is 251 Å². The molecule has 2 aliphatic rings. The zero-order valence-corrected chi connectivity index (χ0v) is 24.6. The molecular formula is C27H17BrF3N3O4S3. The first-order valence-corrected chi connectivity index (χ1v) is 15.4. The molecule has 4 aromatic rings. The highest BCUT2D eigenvalue weighted by Gasteiger charge is 2.57. The molecule has 0 radical (unpaired) electrons. The second kappa shape index (κ2) is 10.6. The number of amides is 3. The Morgan fingerprint density at radius 1 is 1.00 bits per heavy atom. The number of hydrogen-bond acceptors (Lipinski definition) is 7. The number of hydrogen-bond donors (Lipinski definition) is 1. The lowest BCUT2D eigenvalue weighted by Crippen LogP contribution is -2.32. The van der Waals surface area contributed by atoms with Gasteiger partial charge in [0.15, 0.2) is 0 Å². The Balaban J connectivity index is 1.35. The van der Waals surface area contributed by atoms with Crippen LogP contribution in [0.3, 0.4) is 0 Å². The number of thiazole rings is 1. The van der Waals surface area contributed by atoms with Gasteiger partial charge in [0, 0.05) is 25.8 Å². The minimum atomic E-state index is -4.58. The van der Waals surface area contributed by atoms with Gasteiger partial charge in [-0.2, -0.15) is 13.2 Å². The van der Waals surface area contributed by atoms with E-state index in [-0.39, 0.29) is 11.6 Å². The second-order valence-corrected chi connectivity index (χ2v) is 13.3. The standard InChI is InChI=1S/C27H17BrF3N3O4S3/c28-14-6-8-16(9-7-14)34-23(36)20-19(17-5-2-10-39-17)22-25(40-21(20)24(34)37)33(26(38)41-22)12-18(35)32-15-4-1-3-13(11-15)27(29,30)31/h1-11,19-21H,12H2,(H,32,35)/t19-,20+,21-/m0/s1. The normalized spacial score (nSPS) is 20.2. The van der Waals surface area contributed by atoms with Gasteiger partial charge >= 0.3 is 11.0 Å². The number of imide groups is 1. The number of anilines is 2. The van der Waals surface area contributed by atoms with Gasteiger partial charge in [0.1, 0.15) is 11.8 Å². The average molecular weight is 681 g/mol. The maximum Gasteiger partial charge on any atom is 0.416 e. The molecule has 0 aliphatic carbocycles. The van der Waals surface area contributed by atoms with Gasteiger partial charge in [-0.15, -0.1) is 11.3 Å². The van der Waals surface area contributed by atoms with Crippen molar-refractivity contribution < 1.29 is 27.6 Å². The van der Waals surface area contributed by atoms with Gasteiger partial charge in [0.25, 0.3) is 0 Å². The smallest absolute Gasteiger partial charge is 0.325 e. The summed E-state index contributed by atoms with van der Waals surface area (Å²) in [4.78, 5) is 55.6. The summed E-state index contributed by atoms with van der Waals surface area (Å²) < 4.78 is 41.3. The van der Waals surface area contributed by atoms with Crippen LogP contribution in [0.4, 0.5) is 24.5 Å². The van der Waals surface area contributed by atoms with Crippen molar-refractivity contribution in [3.05, 3.63) is 95.5 Å². The van der Waals surface area contributed by atoms with Gasteiger partial charge < -0.3 is 5.32 Å². The first kappa shape index (κ1) is 27.9. The molecule has 41 heavy (non-hydrogen) atoms. The van der Waals surface area contributed by atoms with Crippen LogP contribution in [-0.4, -0.2) is 27.5 Å². The van der Waals surface area contributed by atoms with Crippen LogP contribution in [0.15, 0.2) is 80.3 Å². The van der Waals surface area contributed by atoms with Crippen molar-refractivity contribution in [2.75, 3.05) is 10.2 Å². The summed E-state index contributed by atoms with van der Waals surface area (Å²) in [6, 6.07) is 14.7. The first-order valence-electron chi connectivity index (χ1n) is 12.1. The molecule has 4 heterocycles. The summed E-state index contributed by atoms with van der Waals surface area (Å²) in [5, 5.41) is 3.84. The van der Waals surface area contributed by atoms with E-state index in [9.17, 15) is 32.3 Å². The van der Waals surface area contributed by atoms with Crippen LogP contribution in [0.5, 0.6) is 0 Å². The number of carbonyl (C=O) groups is 3. The van der Waals surface area contributed by atoms with Crippen LogP contribution in [-0.2, 0) is 27.1 Å². The number of rotatable bonds is 5. The molecule has 0 bridgehead atoms. The van der Waals surface area contributed by atoms with E-state index in [1.807, 2.05) is 17.5 Å². The van der Waals surface area contributed by atoms with Gasteiger partial charge in [-0.25, -0.2) is 4.90 Å². The number of halogens is 4. The fraction of sp³-hybridized carbons (Fsp3) is 0.185. The van der Waals surface area contributed by atoms with Gasteiger partial charge in [0.05, 0.1) is 22.2 Å². The number of alkyl halides is 3. The number of nitrogens with one attached hydrogen (secondary N) is 1. The highest BCUT2D eigenvalue weighted by atomic mass is 79.9. The molecule has 1 N–H and O–H groups in total. The molecule has 3 atom stereocenters. The predicted molar refractivity (Wildman–Crippen MR) is 155 cm³/mol. The molecule has 0 unspecified atom stereocenters. The van der Waals surface area contributed by atoms with E-state index in [0.29, 0.717) is 15.6 Å². The third-order valence-corrected chi connectivity index (χ3v) is 10.8. The largest absolute Gasteiger partial charge is 0.416 e. The molecule has 210 valence electrons. The molecule has 2 aromatic heterocycles. The van der Waals surface area contributed by atoms with E-state index in [1.54, 1.807) is 24.3 Å². The number of aromatic nitrogens is 1. The van der Waals surface area contributed by atoms with Gasteiger partial charge in [0.2, 0.25) is 17.7 Å². The van der Waals surface area contributed by atoms with E-state index in [1.165, 1.54) is 32.9 Å². The van der Waals surface area contributed by atoms with Crippen LogP contribution >= 0.6 is 50.4 Å². The third-order valence-electron chi connectivity index (χ3n) is 6.76. The number of carbonyl (C=O) groups excluding carboxylic acids is 3. The minimum absolute atomic E-state index is 0.0622. The molecule has 7 nitrogen and oxygen atoms in total. The quantitative estimate of drug-likeness (QED) is 0.254. The van der Waals surface area contributed by atoms with E-state index in [0.717, 1.165) is 44.6 Å². The summed E-state index contributed by atoms with van der Waals surface area (Å²) in [5.74, 6) is -2.81. The van der Waals surface area contributed by atoms with Crippen LogP contribution in [0.25, 0.3) is 0 Å². The van der Waals surface area contributed by atoms with Crippen molar-refractivity contribution in [1.29, 1.82) is 0 Å². The summed E-state index contributed by atoms with van der Waals surface area (Å²) in [6.45, 7) is -0.471. The highest BCUT2D eigenvalue weighted by molar-refractivity contribution is 9.10. The lowest BCUT2D eigenvalue weighted by atomic mass is 9.87. The minimum Gasteiger partial charge on any atom is -0.325 e. The number of thiophene rings is 1. The van der Waals surface area contributed by atoms with Crippen LogP contribution in [0, 0.1) is 5.92 Å². The molecule has 0 saturated carbocycles. The lowest BCUT2D eigenvalue weighted by molar-refractivity contribution is -0.137. The topological polar surface area (TPSA) is 88.5 Å². The fourth-order valence-corrected chi connectivity index (χ4v) is 8.98. The SMILES string of the molecule is O=C(Cn1c2c(sc1=O)[C@@H](c1cccs1)[C@H]1C(=O)N(c3ccc(Br)cc3)C(=O)[C@H]1S2)Nc1cccc(C(F)(F)F)c1. The Morgan fingerprint density at radius 3 is 2.44 bits per heavy atom. The number of thioether (sulfide) groups is 1. The summed E-state index contributed by atoms with van der Waals surface area (Å²) in [7, 11) is 0. The van der Waals surface area contributed by atoms with Crippen molar-refractivity contribution in [3.63, 3.8) is 0 Å². The van der Waals surface area contributed by atoms with Crippen molar-refractivity contribution in [2.24, 2.45) is 5.92 Å². The zero-order chi connectivity index (χ0) is 29.1. The van der Waals surface area contributed by atoms with Crippen molar-refractivity contribution in [3.8, 4) is 0 Å². The molecule has 1 fully saturated rings. The molecule has 3 amide bonds. The van der Waals surface area contributed by atoms with Gasteiger partial charge in [-0.3, -0.25) is 23.7 Å². The third kappa shape index (κ3) is 5.07. The summed E-state index contributed by atoms with van der Waals surface area (Å²) in [6.07, 6.45) is -4.58. The monoisotopic (exact) mass is 679 g/mol. The van der Waals surface area contributed by atoms with Crippen molar-refractivity contribution >= 4 is 79.5 Å². The maximum atomic E-state index is 13.8. The molecule has 6 rings (SSSR count). The first-order chi connectivity index (χ1) is 19.5. The number of benzene rings is 2. The van der Waals surface area contributed by atoms with E-state index >= 15 is 0 Å². The fourth-order valence-electron chi connectivity index (χ4n) is 4.99. The highest BCUT2D eigenvalue weighted by Crippen LogP contribution is 2.54. The Morgan fingerprint density at radius 2 is 1.76 bits per heavy atom. The van der Waals surface area contributed by atoms with Gasteiger partial charge in [-0.1, -0.05) is 51.2 Å². The van der Waals surface area contributed by atoms with E-state index in [2.05, 4.69) is 21.2 Å². The predicted octanol–water partition coefficient (Wildman–Crippen LogP) is 6.19. The van der Waals surface area contributed by atoms with Crippen LogP contribution in [0.1, 0.15) is 21.2 Å². The van der Waals surface area contributed by atoms with Crippen LogP contribution in [0.2, 0.25) is 0 Å². The molecule has 1 saturated heterocycles. The maximum absolute atomic E-state index is 13.8. The Bertz CT molecular complexity index is 1730. The summed E-state index contributed by atoms with van der Waals surface area (Å²) in [5.41, 5.74) is -0.544. The molecule has 2 aromatic carbocycles. The van der Waals surface area contributed by atoms with E-state index in [4.69, 9.17) is 0 Å².